The van der Waals surface area contributed by atoms with Crippen molar-refractivity contribution in [3.63, 3.8) is 0 Å². The Hall–Kier alpha value is -0.770. The van der Waals surface area contributed by atoms with Gasteiger partial charge >= 0.3 is 6.03 Å². The van der Waals surface area contributed by atoms with Crippen molar-refractivity contribution in [2.75, 3.05) is 26.7 Å². The number of urea groups is 1. The number of aliphatic hydroxyl groups is 1. The molecule has 2 amide bonds. The van der Waals surface area contributed by atoms with Crippen LogP contribution >= 0.6 is 0 Å². The molecular weight excluding hydrogens is 192 g/mol. The summed E-state index contributed by atoms with van der Waals surface area (Å²) >= 11 is 0. The summed E-state index contributed by atoms with van der Waals surface area (Å²) in [6.45, 7) is 4.15. The summed E-state index contributed by atoms with van der Waals surface area (Å²) in [5, 5.41) is 9.14. The predicted molar refractivity (Wildman–Crippen MR) is 59.7 cm³/mol. The average molecular weight is 214 g/mol. The van der Waals surface area contributed by atoms with Crippen LogP contribution in [0.2, 0.25) is 0 Å². The SMILES string of the molecule is CC(O)CCN(C)C(=O)N1CCCCC1. The van der Waals surface area contributed by atoms with Gasteiger partial charge in [-0.15, -0.1) is 0 Å². The van der Waals surface area contributed by atoms with E-state index in [0.29, 0.717) is 13.0 Å². The van der Waals surface area contributed by atoms with Gasteiger partial charge in [0.25, 0.3) is 0 Å². The fraction of sp³-hybridized carbons (Fsp3) is 0.909. The van der Waals surface area contributed by atoms with Crippen molar-refractivity contribution in [2.45, 2.75) is 38.7 Å². The van der Waals surface area contributed by atoms with Gasteiger partial charge in [0, 0.05) is 26.7 Å². The Morgan fingerprint density at radius 1 is 1.40 bits per heavy atom. The molecule has 1 unspecified atom stereocenters. The molecule has 0 bridgehead atoms. The van der Waals surface area contributed by atoms with Gasteiger partial charge in [-0.05, 0) is 32.6 Å². The van der Waals surface area contributed by atoms with Gasteiger partial charge in [0.2, 0.25) is 0 Å². The minimum absolute atomic E-state index is 0.107. The molecule has 1 fully saturated rings. The van der Waals surface area contributed by atoms with Crippen molar-refractivity contribution in [3.05, 3.63) is 0 Å². The average Bonchev–Trinajstić information content (AvgIpc) is 2.26. The minimum atomic E-state index is -0.332. The second kappa shape index (κ2) is 5.95. The highest BCUT2D eigenvalue weighted by molar-refractivity contribution is 5.74. The lowest BCUT2D eigenvalue weighted by atomic mass is 10.1. The summed E-state index contributed by atoms with van der Waals surface area (Å²) in [6, 6.07) is 0.107. The zero-order valence-corrected chi connectivity index (χ0v) is 9.78. The zero-order valence-electron chi connectivity index (χ0n) is 9.78. The van der Waals surface area contributed by atoms with Crippen LogP contribution in [0.1, 0.15) is 32.6 Å². The molecular formula is C11H22N2O2. The summed E-state index contributed by atoms with van der Waals surface area (Å²) in [7, 11) is 1.80. The molecule has 1 saturated heterocycles. The second-order valence-corrected chi connectivity index (χ2v) is 4.39. The van der Waals surface area contributed by atoms with E-state index in [1.807, 2.05) is 4.90 Å². The molecule has 0 saturated carbocycles. The molecule has 0 spiro atoms. The number of likely N-dealkylation sites (tertiary alicyclic amines) is 1. The largest absolute Gasteiger partial charge is 0.393 e. The van der Waals surface area contributed by atoms with E-state index >= 15 is 0 Å². The lowest BCUT2D eigenvalue weighted by Crippen LogP contribution is -2.44. The van der Waals surface area contributed by atoms with Crippen LogP contribution < -0.4 is 0 Å². The van der Waals surface area contributed by atoms with E-state index in [0.717, 1.165) is 25.9 Å². The number of carbonyl (C=O) groups is 1. The van der Waals surface area contributed by atoms with Crippen LogP contribution in [-0.4, -0.2) is 53.7 Å². The summed E-state index contributed by atoms with van der Waals surface area (Å²) in [5.74, 6) is 0. The lowest BCUT2D eigenvalue weighted by Gasteiger charge is -2.31. The van der Waals surface area contributed by atoms with Gasteiger partial charge < -0.3 is 14.9 Å². The third-order valence-corrected chi connectivity index (χ3v) is 2.84. The smallest absolute Gasteiger partial charge is 0.319 e. The van der Waals surface area contributed by atoms with Crippen LogP contribution in [0.3, 0.4) is 0 Å². The summed E-state index contributed by atoms with van der Waals surface area (Å²) in [4.78, 5) is 15.5. The van der Waals surface area contributed by atoms with Crippen LogP contribution in [0.15, 0.2) is 0 Å². The van der Waals surface area contributed by atoms with Gasteiger partial charge in [0.15, 0.2) is 0 Å². The van der Waals surface area contributed by atoms with E-state index in [-0.39, 0.29) is 12.1 Å². The van der Waals surface area contributed by atoms with Crippen molar-refractivity contribution in [1.29, 1.82) is 0 Å². The van der Waals surface area contributed by atoms with E-state index < -0.39 is 0 Å². The molecule has 0 radical (unpaired) electrons. The highest BCUT2D eigenvalue weighted by atomic mass is 16.3. The van der Waals surface area contributed by atoms with Crippen molar-refractivity contribution in [2.24, 2.45) is 0 Å². The molecule has 88 valence electrons. The highest BCUT2D eigenvalue weighted by Crippen LogP contribution is 2.10. The predicted octanol–water partition coefficient (Wildman–Crippen LogP) is 1.29. The first-order chi connectivity index (χ1) is 7.11. The maximum Gasteiger partial charge on any atom is 0.319 e. The molecule has 1 rings (SSSR count). The molecule has 1 atom stereocenters. The molecule has 4 nitrogen and oxygen atoms in total. The fourth-order valence-corrected chi connectivity index (χ4v) is 1.80. The normalized spacial score (nSPS) is 18.7. The zero-order chi connectivity index (χ0) is 11.3. The number of carbonyl (C=O) groups excluding carboxylic acids is 1. The third kappa shape index (κ3) is 4.08. The van der Waals surface area contributed by atoms with Gasteiger partial charge in [0.1, 0.15) is 0 Å². The maximum absolute atomic E-state index is 11.9. The molecule has 1 aliphatic rings. The van der Waals surface area contributed by atoms with Gasteiger partial charge in [-0.3, -0.25) is 0 Å². The quantitative estimate of drug-likeness (QED) is 0.769. The van der Waals surface area contributed by atoms with Gasteiger partial charge in [0.05, 0.1) is 6.10 Å². The Morgan fingerprint density at radius 3 is 2.53 bits per heavy atom. The highest BCUT2D eigenvalue weighted by Gasteiger charge is 2.19. The molecule has 1 aliphatic heterocycles. The monoisotopic (exact) mass is 214 g/mol. The first-order valence-corrected chi connectivity index (χ1v) is 5.79. The van der Waals surface area contributed by atoms with Crippen LogP contribution in [0, 0.1) is 0 Å². The van der Waals surface area contributed by atoms with E-state index in [1.54, 1.807) is 18.9 Å². The van der Waals surface area contributed by atoms with Crippen LogP contribution in [0.4, 0.5) is 4.79 Å². The summed E-state index contributed by atoms with van der Waals surface area (Å²) in [5.41, 5.74) is 0. The standard InChI is InChI=1S/C11H22N2O2/c1-10(14)6-9-12(2)11(15)13-7-4-3-5-8-13/h10,14H,3-9H2,1-2H3. The first-order valence-electron chi connectivity index (χ1n) is 5.79. The lowest BCUT2D eigenvalue weighted by molar-refractivity contribution is 0.137. The number of rotatable bonds is 3. The van der Waals surface area contributed by atoms with Gasteiger partial charge in [-0.1, -0.05) is 0 Å². The minimum Gasteiger partial charge on any atom is -0.393 e. The van der Waals surface area contributed by atoms with E-state index in [9.17, 15) is 4.79 Å². The van der Waals surface area contributed by atoms with E-state index in [2.05, 4.69) is 0 Å². The first kappa shape index (κ1) is 12.3. The van der Waals surface area contributed by atoms with Crippen LogP contribution in [-0.2, 0) is 0 Å². The van der Waals surface area contributed by atoms with E-state index in [4.69, 9.17) is 5.11 Å². The molecule has 0 aromatic carbocycles. The van der Waals surface area contributed by atoms with Crippen LogP contribution in [0.5, 0.6) is 0 Å². The van der Waals surface area contributed by atoms with Gasteiger partial charge in [-0.2, -0.15) is 0 Å². The number of hydrogen-bond donors (Lipinski definition) is 1. The van der Waals surface area contributed by atoms with Crippen molar-refractivity contribution in [1.82, 2.24) is 9.80 Å². The Bertz CT molecular complexity index is 201. The number of nitrogens with zero attached hydrogens (tertiary/aromatic N) is 2. The summed E-state index contributed by atoms with van der Waals surface area (Å²) in [6.07, 6.45) is 3.80. The topological polar surface area (TPSA) is 43.8 Å². The van der Waals surface area contributed by atoms with E-state index in [1.165, 1.54) is 6.42 Å². The molecule has 1 heterocycles. The van der Waals surface area contributed by atoms with Crippen molar-refractivity contribution < 1.29 is 9.90 Å². The Labute approximate surface area is 91.9 Å². The summed E-state index contributed by atoms with van der Waals surface area (Å²) < 4.78 is 0. The molecule has 4 heteroatoms. The number of aliphatic hydroxyl groups excluding tert-OH is 1. The second-order valence-electron chi connectivity index (χ2n) is 4.39. The number of piperidine rings is 1. The Morgan fingerprint density at radius 2 is 2.00 bits per heavy atom. The molecule has 15 heavy (non-hydrogen) atoms. The fourth-order valence-electron chi connectivity index (χ4n) is 1.80. The molecule has 1 N–H and O–H groups in total. The number of amides is 2. The molecule has 0 aromatic rings. The third-order valence-electron chi connectivity index (χ3n) is 2.84. The number of hydrogen-bond acceptors (Lipinski definition) is 2. The molecule has 0 aliphatic carbocycles. The maximum atomic E-state index is 11.9. The van der Waals surface area contributed by atoms with Crippen molar-refractivity contribution >= 4 is 6.03 Å². The molecule has 0 aromatic heterocycles. The van der Waals surface area contributed by atoms with Crippen molar-refractivity contribution in [3.8, 4) is 0 Å². The Kier molecular flexibility index (Phi) is 4.88. The van der Waals surface area contributed by atoms with Gasteiger partial charge in [-0.25, -0.2) is 4.79 Å². The van der Waals surface area contributed by atoms with Crippen LogP contribution in [0.25, 0.3) is 0 Å². The Balaban J connectivity index is 2.30.